The molecule has 3 nitrogen and oxygen atoms in total. The number of carboxylic acids is 1. The number of hydrogen-bond acceptors (Lipinski definition) is 2. The number of aryl methyl sites for hydroxylation is 1. The zero-order valence-electron chi connectivity index (χ0n) is 9.85. The van der Waals surface area contributed by atoms with Crippen LogP contribution in [0.4, 0.5) is 0 Å². The van der Waals surface area contributed by atoms with Gasteiger partial charge in [0.1, 0.15) is 0 Å². The Balaban J connectivity index is 2.19. The molecule has 2 rings (SSSR count). The molecule has 0 aromatic heterocycles. The van der Waals surface area contributed by atoms with Crippen LogP contribution in [0, 0.1) is 18.8 Å². The maximum absolute atomic E-state index is 12.2. The molecule has 1 N–H and O–H groups in total. The second kappa shape index (κ2) is 4.70. The standard InChI is InChI=1S/C14H16O3/c1-9-5-7-10(8-6-9)13(15)11-3-2-4-12(11)14(16)17/h5-8,11-12H,2-4H2,1H3,(H,16,17). The third-order valence-electron chi connectivity index (χ3n) is 3.51. The molecule has 2 atom stereocenters. The lowest BCUT2D eigenvalue weighted by Gasteiger charge is -2.14. The van der Waals surface area contributed by atoms with Crippen molar-refractivity contribution in [3.63, 3.8) is 0 Å². The quantitative estimate of drug-likeness (QED) is 0.815. The van der Waals surface area contributed by atoms with Crippen molar-refractivity contribution in [2.75, 3.05) is 0 Å². The molecule has 0 amide bonds. The molecule has 1 aromatic rings. The first-order valence-electron chi connectivity index (χ1n) is 5.93. The molecular formula is C14H16O3. The number of Topliss-reactive ketones (excluding diaryl/α,β-unsaturated/α-hetero) is 1. The average Bonchev–Trinajstić information content (AvgIpc) is 2.78. The van der Waals surface area contributed by atoms with Crippen LogP contribution in [0.5, 0.6) is 0 Å². The third kappa shape index (κ3) is 2.38. The minimum Gasteiger partial charge on any atom is -0.481 e. The van der Waals surface area contributed by atoms with E-state index in [0.717, 1.165) is 12.0 Å². The largest absolute Gasteiger partial charge is 0.481 e. The van der Waals surface area contributed by atoms with E-state index < -0.39 is 11.9 Å². The van der Waals surface area contributed by atoms with Crippen molar-refractivity contribution in [3.05, 3.63) is 35.4 Å². The minimum atomic E-state index is -0.840. The number of hydrogen-bond donors (Lipinski definition) is 1. The van der Waals surface area contributed by atoms with E-state index in [0.29, 0.717) is 18.4 Å². The van der Waals surface area contributed by atoms with Crippen LogP contribution in [0.3, 0.4) is 0 Å². The van der Waals surface area contributed by atoms with Crippen molar-refractivity contribution in [2.24, 2.45) is 11.8 Å². The summed E-state index contributed by atoms with van der Waals surface area (Å²) in [6, 6.07) is 7.35. The summed E-state index contributed by atoms with van der Waals surface area (Å²) in [5, 5.41) is 9.07. The first-order chi connectivity index (χ1) is 8.09. The summed E-state index contributed by atoms with van der Waals surface area (Å²) in [5.74, 6) is -1.69. The maximum atomic E-state index is 12.2. The molecule has 0 saturated heterocycles. The predicted molar refractivity (Wildman–Crippen MR) is 64.0 cm³/mol. The highest BCUT2D eigenvalue weighted by molar-refractivity contribution is 6.00. The van der Waals surface area contributed by atoms with Crippen molar-refractivity contribution in [3.8, 4) is 0 Å². The van der Waals surface area contributed by atoms with Crippen LogP contribution >= 0.6 is 0 Å². The fourth-order valence-electron chi connectivity index (χ4n) is 2.50. The van der Waals surface area contributed by atoms with Gasteiger partial charge in [-0.25, -0.2) is 0 Å². The van der Waals surface area contributed by atoms with E-state index in [1.54, 1.807) is 12.1 Å². The fraction of sp³-hybridized carbons (Fsp3) is 0.429. The van der Waals surface area contributed by atoms with Crippen LogP contribution in [0.1, 0.15) is 35.2 Å². The number of ketones is 1. The smallest absolute Gasteiger partial charge is 0.307 e. The highest BCUT2D eigenvalue weighted by Gasteiger charge is 2.37. The average molecular weight is 232 g/mol. The van der Waals surface area contributed by atoms with E-state index in [-0.39, 0.29) is 11.7 Å². The van der Waals surface area contributed by atoms with E-state index in [2.05, 4.69) is 0 Å². The van der Waals surface area contributed by atoms with Gasteiger partial charge in [-0.1, -0.05) is 36.2 Å². The lowest BCUT2D eigenvalue weighted by Crippen LogP contribution is -2.25. The van der Waals surface area contributed by atoms with Gasteiger partial charge in [-0.2, -0.15) is 0 Å². The molecule has 0 bridgehead atoms. The fourth-order valence-corrected chi connectivity index (χ4v) is 2.50. The van der Waals surface area contributed by atoms with E-state index in [9.17, 15) is 9.59 Å². The van der Waals surface area contributed by atoms with Gasteiger partial charge >= 0.3 is 5.97 Å². The Hall–Kier alpha value is -1.64. The second-order valence-electron chi connectivity index (χ2n) is 4.71. The summed E-state index contributed by atoms with van der Waals surface area (Å²) < 4.78 is 0. The summed E-state index contributed by atoms with van der Waals surface area (Å²) in [6.07, 6.45) is 2.15. The van der Waals surface area contributed by atoms with Crippen LogP contribution in [-0.2, 0) is 4.79 Å². The second-order valence-corrected chi connectivity index (χ2v) is 4.71. The van der Waals surface area contributed by atoms with Gasteiger partial charge in [-0.05, 0) is 19.8 Å². The van der Waals surface area contributed by atoms with Crippen LogP contribution < -0.4 is 0 Å². The molecule has 3 heteroatoms. The Morgan fingerprint density at radius 3 is 2.29 bits per heavy atom. The number of carbonyl (C=O) groups excluding carboxylic acids is 1. The van der Waals surface area contributed by atoms with Gasteiger partial charge < -0.3 is 5.11 Å². The van der Waals surface area contributed by atoms with Crippen molar-refractivity contribution in [1.82, 2.24) is 0 Å². The first kappa shape index (κ1) is 11.8. The van der Waals surface area contributed by atoms with Crippen LogP contribution in [0.25, 0.3) is 0 Å². The molecule has 0 radical (unpaired) electrons. The number of carboxylic acid groups (broad SMARTS) is 1. The minimum absolute atomic E-state index is 0.0186. The van der Waals surface area contributed by atoms with Gasteiger partial charge in [0.15, 0.2) is 5.78 Å². The molecule has 1 aliphatic rings. The SMILES string of the molecule is Cc1ccc(C(=O)C2CCCC2C(=O)O)cc1. The molecule has 17 heavy (non-hydrogen) atoms. The molecule has 0 aliphatic heterocycles. The van der Waals surface area contributed by atoms with Crippen LogP contribution in [-0.4, -0.2) is 16.9 Å². The summed E-state index contributed by atoms with van der Waals surface area (Å²) in [4.78, 5) is 23.3. The molecule has 0 spiro atoms. The topological polar surface area (TPSA) is 54.4 Å². The Kier molecular flexibility index (Phi) is 3.27. The van der Waals surface area contributed by atoms with Crippen molar-refractivity contribution in [2.45, 2.75) is 26.2 Å². The van der Waals surface area contributed by atoms with Gasteiger partial charge in [0.25, 0.3) is 0 Å². The van der Waals surface area contributed by atoms with Gasteiger partial charge in [-0.15, -0.1) is 0 Å². The highest BCUT2D eigenvalue weighted by atomic mass is 16.4. The molecule has 1 aromatic carbocycles. The monoisotopic (exact) mass is 232 g/mol. The zero-order chi connectivity index (χ0) is 12.4. The number of benzene rings is 1. The lowest BCUT2D eigenvalue weighted by molar-refractivity contribution is -0.142. The summed E-state index contributed by atoms with van der Waals surface area (Å²) in [7, 11) is 0. The molecule has 1 saturated carbocycles. The Labute approximate surface area is 100 Å². The summed E-state index contributed by atoms with van der Waals surface area (Å²) in [5.41, 5.74) is 1.73. The Morgan fingerprint density at radius 2 is 1.71 bits per heavy atom. The van der Waals surface area contributed by atoms with Gasteiger partial charge in [0, 0.05) is 11.5 Å². The Morgan fingerprint density at radius 1 is 1.12 bits per heavy atom. The van der Waals surface area contributed by atoms with Gasteiger partial charge in [-0.3, -0.25) is 9.59 Å². The maximum Gasteiger partial charge on any atom is 0.307 e. The zero-order valence-corrected chi connectivity index (χ0v) is 9.85. The number of rotatable bonds is 3. The molecule has 90 valence electrons. The molecule has 1 aliphatic carbocycles. The van der Waals surface area contributed by atoms with Crippen molar-refractivity contribution < 1.29 is 14.7 Å². The lowest BCUT2D eigenvalue weighted by atomic mass is 9.88. The highest BCUT2D eigenvalue weighted by Crippen LogP contribution is 2.34. The van der Waals surface area contributed by atoms with E-state index in [4.69, 9.17) is 5.11 Å². The Bertz CT molecular complexity index is 433. The first-order valence-corrected chi connectivity index (χ1v) is 5.93. The summed E-state index contributed by atoms with van der Waals surface area (Å²) >= 11 is 0. The molecule has 2 unspecified atom stereocenters. The van der Waals surface area contributed by atoms with E-state index in [1.165, 1.54) is 0 Å². The van der Waals surface area contributed by atoms with Crippen LogP contribution in [0.15, 0.2) is 24.3 Å². The summed E-state index contributed by atoms with van der Waals surface area (Å²) in [6.45, 7) is 1.96. The predicted octanol–water partition coefficient (Wildman–Crippen LogP) is 2.68. The van der Waals surface area contributed by atoms with E-state index >= 15 is 0 Å². The van der Waals surface area contributed by atoms with Gasteiger partial charge in [0.05, 0.1) is 5.92 Å². The normalized spacial score (nSPS) is 23.6. The molecular weight excluding hydrogens is 216 g/mol. The van der Waals surface area contributed by atoms with Crippen molar-refractivity contribution in [1.29, 1.82) is 0 Å². The molecule has 0 heterocycles. The van der Waals surface area contributed by atoms with Crippen LogP contribution in [0.2, 0.25) is 0 Å². The van der Waals surface area contributed by atoms with E-state index in [1.807, 2.05) is 19.1 Å². The molecule has 1 fully saturated rings. The van der Waals surface area contributed by atoms with Gasteiger partial charge in [0.2, 0.25) is 0 Å². The number of carbonyl (C=O) groups is 2. The van der Waals surface area contributed by atoms with Crippen molar-refractivity contribution >= 4 is 11.8 Å². The number of aliphatic carboxylic acids is 1. The third-order valence-corrected chi connectivity index (χ3v) is 3.51.